The molecule has 0 saturated carbocycles. The Morgan fingerprint density at radius 2 is 1.64 bits per heavy atom. The first-order valence-electron chi connectivity index (χ1n) is 8.72. The van der Waals surface area contributed by atoms with Crippen molar-refractivity contribution in [2.75, 3.05) is 36.4 Å². The van der Waals surface area contributed by atoms with Gasteiger partial charge in [0.2, 0.25) is 5.91 Å². The summed E-state index contributed by atoms with van der Waals surface area (Å²) in [7, 11) is 0. The van der Waals surface area contributed by atoms with E-state index in [4.69, 9.17) is 0 Å². The fraction of sp³-hybridized carbons (Fsp3) is 0.350. The molecule has 0 atom stereocenters. The molecule has 25 heavy (non-hydrogen) atoms. The lowest BCUT2D eigenvalue weighted by atomic mass is 10.1. The van der Waals surface area contributed by atoms with E-state index in [9.17, 15) is 9.18 Å². The molecule has 2 aromatic rings. The average molecular weight is 343 g/mol. The summed E-state index contributed by atoms with van der Waals surface area (Å²) in [5.41, 5.74) is 2.99. The van der Waals surface area contributed by atoms with Crippen LogP contribution in [0.4, 0.5) is 15.8 Å². The van der Waals surface area contributed by atoms with Crippen LogP contribution < -0.4 is 15.5 Å². The average Bonchev–Trinajstić information content (AvgIpc) is 2.63. The van der Waals surface area contributed by atoms with E-state index < -0.39 is 0 Å². The second-order valence-electron chi connectivity index (χ2n) is 5.82. The Kier molecular flexibility index (Phi) is 7.41. The van der Waals surface area contributed by atoms with Crippen molar-refractivity contribution in [1.29, 1.82) is 0 Å². The number of carbonyl (C=O) groups excluding carboxylic acids is 1. The maximum atomic E-state index is 12.8. The topological polar surface area (TPSA) is 44.4 Å². The van der Waals surface area contributed by atoms with Crippen molar-refractivity contribution in [2.24, 2.45) is 0 Å². The highest BCUT2D eigenvalue weighted by atomic mass is 19.1. The van der Waals surface area contributed by atoms with Crippen LogP contribution in [-0.2, 0) is 11.2 Å². The zero-order chi connectivity index (χ0) is 18.1. The molecule has 0 aliphatic carbocycles. The van der Waals surface area contributed by atoms with Crippen LogP contribution in [0.15, 0.2) is 48.5 Å². The third-order valence-electron chi connectivity index (χ3n) is 4.07. The first-order valence-corrected chi connectivity index (χ1v) is 8.72. The molecule has 2 rings (SSSR count). The van der Waals surface area contributed by atoms with Gasteiger partial charge < -0.3 is 15.5 Å². The van der Waals surface area contributed by atoms with Gasteiger partial charge in [-0.2, -0.15) is 0 Å². The van der Waals surface area contributed by atoms with Crippen LogP contribution in [0.5, 0.6) is 0 Å². The zero-order valence-electron chi connectivity index (χ0n) is 14.9. The Morgan fingerprint density at radius 1 is 1.00 bits per heavy atom. The molecular weight excluding hydrogens is 317 g/mol. The highest BCUT2D eigenvalue weighted by molar-refractivity contribution is 5.92. The van der Waals surface area contributed by atoms with Crippen LogP contribution in [0, 0.1) is 5.82 Å². The Bertz CT molecular complexity index is 652. The fourth-order valence-corrected chi connectivity index (χ4v) is 2.64. The van der Waals surface area contributed by atoms with Gasteiger partial charge in [0.1, 0.15) is 5.82 Å². The molecule has 5 heteroatoms. The van der Waals surface area contributed by atoms with Gasteiger partial charge in [-0.25, -0.2) is 4.39 Å². The molecule has 0 spiro atoms. The number of halogens is 1. The first-order chi connectivity index (χ1) is 12.1. The van der Waals surface area contributed by atoms with Crippen molar-refractivity contribution in [3.8, 4) is 0 Å². The molecule has 0 unspecified atom stereocenters. The molecule has 0 bridgehead atoms. The predicted octanol–water partition coefficient (Wildman–Crippen LogP) is 3.44. The van der Waals surface area contributed by atoms with E-state index in [0.717, 1.165) is 36.4 Å². The number of hydrogen-bond acceptors (Lipinski definition) is 3. The molecule has 0 heterocycles. The quantitative estimate of drug-likeness (QED) is 0.686. The molecule has 0 aliphatic heterocycles. The van der Waals surface area contributed by atoms with Crippen molar-refractivity contribution in [2.45, 2.75) is 20.3 Å². The monoisotopic (exact) mass is 343 g/mol. The summed E-state index contributed by atoms with van der Waals surface area (Å²) >= 11 is 0. The summed E-state index contributed by atoms with van der Waals surface area (Å²) in [6, 6.07) is 14.3. The molecule has 2 aromatic carbocycles. The Morgan fingerprint density at radius 3 is 2.24 bits per heavy atom. The number of anilines is 2. The second kappa shape index (κ2) is 9.79. The number of benzene rings is 2. The molecule has 4 nitrogen and oxygen atoms in total. The number of amides is 1. The van der Waals surface area contributed by atoms with Crippen LogP contribution >= 0.6 is 0 Å². The summed E-state index contributed by atoms with van der Waals surface area (Å²) in [5, 5.41) is 5.98. The lowest BCUT2D eigenvalue weighted by Crippen LogP contribution is -2.29. The van der Waals surface area contributed by atoms with Gasteiger partial charge in [-0.3, -0.25) is 4.79 Å². The van der Waals surface area contributed by atoms with E-state index in [-0.39, 0.29) is 18.3 Å². The molecule has 0 aromatic heterocycles. The minimum atomic E-state index is -0.233. The maximum absolute atomic E-state index is 12.8. The van der Waals surface area contributed by atoms with Crippen LogP contribution in [0.1, 0.15) is 19.4 Å². The van der Waals surface area contributed by atoms with Gasteiger partial charge in [0.05, 0.1) is 6.54 Å². The largest absolute Gasteiger partial charge is 0.372 e. The smallest absolute Gasteiger partial charge is 0.238 e. The molecule has 0 fully saturated rings. The third-order valence-corrected chi connectivity index (χ3v) is 4.07. The highest BCUT2D eigenvalue weighted by Gasteiger charge is 2.04. The normalized spacial score (nSPS) is 10.5. The number of nitrogens with zero attached hydrogens (tertiary/aromatic N) is 1. The van der Waals surface area contributed by atoms with Crippen molar-refractivity contribution in [3.63, 3.8) is 0 Å². The second-order valence-corrected chi connectivity index (χ2v) is 5.82. The minimum Gasteiger partial charge on any atom is -0.372 e. The minimum absolute atomic E-state index is 0.0744. The van der Waals surface area contributed by atoms with Crippen LogP contribution in [0.2, 0.25) is 0 Å². The molecule has 0 saturated heterocycles. The molecule has 0 aliphatic rings. The molecule has 1 amide bonds. The number of carbonyl (C=O) groups is 1. The lowest BCUT2D eigenvalue weighted by molar-refractivity contribution is -0.115. The first kappa shape index (κ1) is 18.9. The van der Waals surface area contributed by atoms with E-state index in [1.165, 1.54) is 12.1 Å². The third kappa shape index (κ3) is 6.19. The van der Waals surface area contributed by atoms with Gasteiger partial charge in [-0.15, -0.1) is 0 Å². The number of rotatable bonds is 9. The SMILES string of the molecule is CCN(CC)c1ccc(NC(=O)CNCCc2ccc(F)cc2)cc1. The predicted molar refractivity (Wildman–Crippen MR) is 102 cm³/mol. The molecule has 2 N–H and O–H groups in total. The van der Waals surface area contributed by atoms with Crippen molar-refractivity contribution in [1.82, 2.24) is 5.32 Å². The van der Waals surface area contributed by atoms with Crippen molar-refractivity contribution >= 4 is 17.3 Å². The van der Waals surface area contributed by atoms with Gasteiger partial charge in [0.15, 0.2) is 0 Å². The summed E-state index contributed by atoms with van der Waals surface area (Å²) in [6.45, 7) is 7.08. The summed E-state index contributed by atoms with van der Waals surface area (Å²) in [6.07, 6.45) is 0.756. The highest BCUT2D eigenvalue weighted by Crippen LogP contribution is 2.17. The van der Waals surface area contributed by atoms with Gasteiger partial charge in [0, 0.05) is 24.5 Å². The van der Waals surface area contributed by atoms with Gasteiger partial charge >= 0.3 is 0 Å². The Labute approximate surface area is 149 Å². The number of hydrogen-bond donors (Lipinski definition) is 2. The lowest BCUT2D eigenvalue weighted by Gasteiger charge is -2.21. The Hall–Kier alpha value is -2.40. The maximum Gasteiger partial charge on any atom is 0.238 e. The Balaban J connectivity index is 1.72. The van der Waals surface area contributed by atoms with Gasteiger partial charge in [-0.1, -0.05) is 12.1 Å². The van der Waals surface area contributed by atoms with Crippen molar-refractivity contribution < 1.29 is 9.18 Å². The standard InChI is InChI=1S/C20H26FN3O/c1-3-24(4-2)19-11-9-18(10-12-19)23-20(25)15-22-14-13-16-5-7-17(21)8-6-16/h5-12,22H,3-4,13-15H2,1-2H3,(H,23,25). The van der Waals surface area contributed by atoms with Gasteiger partial charge in [0.25, 0.3) is 0 Å². The van der Waals surface area contributed by atoms with E-state index in [2.05, 4.69) is 29.4 Å². The summed E-state index contributed by atoms with van der Waals surface area (Å²) < 4.78 is 12.8. The van der Waals surface area contributed by atoms with E-state index in [1.807, 2.05) is 24.3 Å². The molecular formula is C20H26FN3O. The van der Waals surface area contributed by atoms with Crippen molar-refractivity contribution in [3.05, 3.63) is 59.9 Å². The van der Waals surface area contributed by atoms with E-state index in [0.29, 0.717) is 6.54 Å². The number of nitrogens with one attached hydrogen (secondary N) is 2. The zero-order valence-corrected chi connectivity index (χ0v) is 14.9. The fourth-order valence-electron chi connectivity index (χ4n) is 2.64. The summed E-state index contributed by atoms with van der Waals surface area (Å²) in [4.78, 5) is 14.2. The van der Waals surface area contributed by atoms with Crippen LogP contribution in [-0.4, -0.2) is 32.1 Å². The van der Waals surface area contributed by atoms with Crippen LogP contribution in [0.3, 0.4) is 0 Å². The molecule has 0 radical (unpaired) electrons. The van der Waals surface area contributed by atoms with Crippen LogP contribution in [0.25, 0.3) is 0 Å². The van der Waals surface area contributed by atoms with E-state index >= 15 is 0 Å². The van der Waals surface area contributed by atoms with E-state index in [1.54, 1.807) is 12.1 Å². The van der Waals surface area contributed by atoms with Gasteiger partial charge in [-0.05, 0) is 68.8 Å². The molecule has 134 valence electrons. The summed E-state index contributed by atoms with van der Waals surface area (Å²) in [5.74, 6) is -0.308.